The quantitative estimate of drug-likeness (QED) is 0.643. The number of nitrogens with one attached hydrogen (secondary N) is 1. The first-order valence-corrected chi connectivity index (χ1v) is 10.2. The van der Waals surface area contributed by atoms with Crippen LogP contribution >= 0.6 is 12.2 Å². The van der Waals surface area contributed by atoms with E-state index in [0.29, 0.717) is 12.6 Å². The molecule has 0 bridgehead atoms. The van der Waals surface area contributed by atoms with E-state index in [-0.39, 0.29) is 12.1 Å². The second-order valence-electron chi connectivity index (χ2n) is 7.76. The molecule has 0 radical (unpaired) electrons. The van der Waals surface area contributed by atoms with E-state index in [1.165, 1.54) is 29.8 Å². The summed E-state index contributed by atoms with van der Waals surface area (Å²) in [7, 11) is 0. The molecule has 1 saturated carbocycles. The van der Waals surface area contributed by atoms with Crippen molar-refractivity contribution in [2.75, 3.05) is 0 Å². The number of thiocarbonyl (C=S) groups is 1. The normalized spacial score (nSPS) is 21.9. The number of hydrogen-bond donors (Lipinski definition) is 1. The van der Waals surface area contributed by atoms with Gasteiger partial charge >= 0.3 is 0 Å². The fraction of sp³-hybridized carbons (Fsp3) is 0.364. The van der Waals surface area contributed by atoms with Gasteiger partial charge < -0.3 is 19.2 Å². The topological polar surface area (TPSA) is 46.2 Å². The van der Waals surface area contributed by atoms with E-state index in [1.54, 1.807) is 6.26 Å². The molecule has 0 spiro atoms. The predicted molar refractivity (Wildman–Crippen MR) is 112 cm³/mol. The largest absolute Gasteiger partial charge is 0.467 e. The zero-order valence-corrected chi connectivity index (χ0v) is 16.9. The minimum absolute atomic E-state index is 0.0109. The van der Waals surface area contributed by atoms with Crippen molar-refractivity contribution in [2.45, 2.75) is 51.4 Å². The zero-order chi connectivity index (χ0) is 19.3. The van der Waals surface area contributed by atoms with Crippen molar-refractivity contribution in [1.82, 2.24) is 19.8 Å². The van der Waals surface area contributed by atoms with Gasteiger partial charge in [0.1, 0.15) is 5.76 Å². The molecule has 3 aromatic rings. The van der Waals surface area contributed by atoms with Crippen LogP contribution < -0.4 is 5.32 Å². The van der Waals surface area contributed by atoms with Gasteiger partial charge in [-0.3, -0.25) is 4.98 Å². The van der Waals surface area contributed by atoms with Crippen LogP contribution in [-0.4, -0.2) is 19.6 Å². The van der Waals surface area contributed by atoms with E-state index >= 15 is 0 Å². The molecule has 0 aromatic carbocycles. The molecule has 28 heavy (non-hydrogen) atoms. The van der Waals surface area contributed by atoms with Crippen LogP contribution in [0.25, 0.3) is 0 Å². The van der Waals surface area contributed by atoms with Crippen molar-refractivity contribution < 1.29 is 4.42 Å². The Morgan fingerprint density at radius 1 is 1.21 bits per heavy atom. The maximum absolute atomic E-state index is 5.75. The average molecular weight is 393 g/mol. The van der Waals surface area contributed by atoms with Crippen molar-refractivity contribution in [3.63, 3.8) is 0 Å². The summed E-state index contributed by atoms with van der Waals surface area (Å²) in [6.45, 7) is 5.09. The molecule has 1 aliphatic heterocycles. The summed E-state index contributed by atoms with van der Waals surface area (Å²) >= 11 is 5.75. The standard InChI is InChI=1S/C22H24N4OS/c1-14-12-18(15(2)26(14)16-8-9-16)21-20(19-7-3-4-10-23-19)24-22(28)25(21)13-17-6-5-11-27-17/h3-7,10-12,16,20-21H,8-9,13H2,1-2H3,(H,24,28)/t20-,21-/m1/s1. The van der Waals surface area contributed by atoms with E-state index in [2.05, 4.69) is 45.7 Å². The second kappa shape index (κ2) is 6.78. The molecule has 144 valence electrons. The Labute approximate surface area is 170 Å². The van der Waals surface area contributed by atoms with Crippen molar-refractivity contribution in [1.29, 1.82) is 0 Å². The Morgan fingerprint density at radius 3 is 2.75 bits per heavy atom. The summed E-state index contributed by atoms with van der Waals surface area (Å²) in [6, 6.07) is 13.1. The van der Waals surface area contributed by atoms with Gasteiger partial charge in [-0.05, 0) is 74.8 Å². The van der Waals surface area contributed by atoms with Crippen molar-refractivity contribution in [3.05, 3.63) is 77.3 Å². The molecule has 6 heteroatoms. The lowest BCUT2D eigenvalue weighted by Gasteiger charge is -2.27. The highest BCUT2D eigenvalue weighted by Gasteiger charge is 2.42. The van der Waals surface area contributed by atoms with Crippen LogP contribution in [0.4, 0.5) is 0 Å². The predicted octanol–water partition coefficient (Wildman–Crippen LogP) is 4.60. The van der Waals surface area contributed by atoms with E-state index < -0.39 is 0 Å². The lowest BCUT2D eigenvalue weighted by atomic mass is 9.96. The fourth-order valence-electron chi connectivity index (χ4n) is 4.48. The smallest absolute Gasteiger partial charge is 0.170 e. The number of aryl methyl sites for hydroxylation is 1. The summed E-state index contributed by atoms with van der Waals surface area (Å²) in [5.74, 6) is 0.909. The van der Waals surface area contributed by atoms with Gasteiger partial charge in [-0.2, -0.15) is 0 Å². The molecule has 0 unspecified atom stereocenters. The van der Waals surface area contributed by atoms with E-state index in [0.717, 1.165) is 16.6 Å². The van der Waals surface area contributed by atoms with Gasteiger partial charge in [0.2, 0.25) is 0 Å². The highest BCUT2D eigenvalue weighted by Crippen LogP contribution is 2.45. The summed E-state index contributed by atoms with van der Waals surface area (Å²) in [5.41, 5.74) is 4.99. The van der Waals surface area contributed by atoms with Crippen LogP contribution in [-0.2, 0) is 6.54 Å². The Kier molecular flexibility index (Phi) is 4.23. The van der Waals surface area contributed by atoms with Crippen LogP contribution in [0.2, 0.25) is 0 Å². The van der Waals surface area contributed by atoms with Crippen molar-refractivity contribution in [2.24, 2.45) is 0 Å². The summed E-state index contributed by atoms with van der Waals surface area (Å²) in [6.07, 6.45) is 6.11. The van der Waals surface area contributed by atoms with Gasteiger partial charge in [0.05, 0.1) is 30.6 Å². The maximum atomic E-state index is 5.75. The van der Waals surface area contributed by atoms with Crippen LogP contribution in [0.15, 0.2) is 53.3 Å². The van der Waals surface area contributed by atoms with E-state index in [1.807, 2.05) is 30.5 Å². The zero-order valence-electron chi connectivity index (χ0n) is 16.1. The summed E-state index contributed by atoms with van der Waals surface area (Å²) < 4.78 is 8.12. The average Bonchev–Trinajstić information content (AvgIpc) is 3.16. The number of pyridine rings is 1. The number of nitrogens with zero attached hydrogens (tertiary/aromatic N) is 3. The van der Waals surface area contributed by atoms with Gasteiger partial charge in [-0.25, -0.2) is 0 Å². The molecule has 4 heterocycles. The highest BCUT2D eigenvalue weighted by atomic mass is 32.1. The van der Waals surface area contributed by atoms with Gasteiger partial charge in [0.25, 0.3) is 0 Å². The molecular formula is C22H24N4OS. The Hall–Kier alpha value is -2.60. The maximum Gasteiger partial charge on any atom is 0.170 e. The number of rotatable bonds is 5. The molecule has 2 atom stereocenters. The minimum atomic E-state index is 0.0109. The molecule has 5 nitrogen and oxygen atoms in total. The number of hydrogen-bond acceptors (Lipinski definition) is 3. The molecular weight excluding hydrogens is 368 g/mol. The fourth-order valence-corrected chi connectivity index (χ4v) is 4.79. The summed E-state index contributed by atoms with van der Waals surface area (Å²) in [4.78, 5) is 6.87. The third kappa shape index (κ3) is 2.92. The molecule has 5 rings (SSSR count). The Balaban J connectivity index is 1.59. The van der Waals surface area contributed by atoms with Crippen molar-refractivity contribution >= 4 is 17.3 Å². The van der Waals surface area contributed by atoms with Crippen LogP contribution in [0.5, 0.6) is 0 Å². The second-order valence-corrected chi connectivity index (χ2v) is 8.15. The molecule has 0 amide bonds. The third-order valence-electron chi connectivity index (χ3n) is 5.86. The van der Waals surface area contributed by atoms with Crippen molar-refractivity contribution in [3.8, 4) is 0 Å². The summed E-state index contributed by atoms with van der Waals surface area (Å²) in [5, 5.41) is 4.27. The van der Waals surface area contributed by atoms with Crippen LogP contribution in [0.1, 0.15) is 59.4 Å². The first-order valence-electron chi connectivity index (χ1n) is 9.82. The Morgan fingerprint density at radius 2 is 2.07 bits per heavy atom. The first-order chi connectivity index (χ1) is 13.6. The highest BCUT2D eigenvalue weighted by molar-refractivity contribution is 7.80. The lowest BCUT2D eigenvalue weighted by molar-refractivity contribution is 0.286. The molecule has 2 aliphatic rings. The van der Waals surface area contributed by atoms with E-state index in [4.69, 9.17) is 16.6 Å². The molecule has 1 aliphatic carbocycles. The van der Waals surface area contributed by atoms with Crippen LogP contribution in [0.3, 0.4) is 0 Å². The lowest BCUT2D eigenvalue weighted by Crippen LogP contribution is -2.29. The molecule has 1 N–H and O–H groups in total. The van der Waals surface area contributed by atoms with Gasteiger partial charge in [0, 0.05) is 23.6 Å². The SMILES string of the molecule is Cc1cc([C@@H]2[C@@H](c3ccccn3)NC(=S)N2Cc2ccco2)c(C)n1C1CC1. The number of furan rings is 1. The third-order valence-corrected chi connectivity index (χ3v) is 6.21. The Bertz CT molecular complexity index is 991. The monoisotopic (exact) mass is 392 g/mol. The van der Waals surface area contributed by atoms with Gasteiger partial charge in [-0.15, -0.1) is 0 Å². The first kappa shape index (κ1) is 17.5. The molecule has 2 fully saturated rings. The molecule has 3 aromatic heterocycles. The van der Waals surface area contributed by atoms with Gasteiger partial charge in [-0.1, -0.05) is 6.07 Å². The van der Waals surface area contributed by atoms with Gasteiger partial charge in [0.15, 0.2) is 5.11 Å². The minimum Gasteiger partial charge on any atom is -0.467 e. The molecule has 1 saturated heterocycles. The van der Waals surface area contributed by atoms with E-state index in [9.17, 15) is 0 Å². The van der Waals surface area contributed by atoms with Crippen LogP contribution in [0, 0.1) is 13.8 Å². The number of aromatic nitrogens is 2.